The number of nitrogens with one attached hydrogen (secondary N) is 1. The minimum atomic E-state index is -0.0916. The summed E-state index contributed by atoms with van der Waals surface area (Å²) in [5, 5.41) is 8.94. The first kappa shape index (κ1) is 16.2. The highest BCUT2D eigenvalue weighted by Crippen LogP contribution is 2.34. The van der Waals surface area contributed by atoms with Gasteiger partial charge in [-0.05, 0) is 30.8 Å². The van der Waals surface area contributed by atoms with E-state index >= 15 is 0 Å². The van der Waals surface area contributed by atoms with E-state index in [1.807, 2.05) is 0 Å². The molecule has 0 saturated carbocycles. The fourth-order valence-electron chi connectivity index (χ4n) is 2.87. The molecule has 1 atom stereocenters. The molecule has 1 aliphatic heterocycles. The van der Waals surface area contributed by atoms with Crippen LogP contribution in [0, 0.1) is 0 Å². The van der Waals surface area contributed by atoms with Gasteiger partial charge in [0.25, 0.3) is 0 Å². The van der Waals surface area contributed by atoms with Crippen molar-refractivity contribution in [3.63, 3.8) is 0 Å². The Morgan fingerprint density at radius 3 is 3.00 bits per heavy atom. The zero-order valence-corrected chi connectivity index (χ0v) is 14.7. The highest BCUT2D eigenvalue weighted by Gasteiger charge is 2.28. The molecule has 1 amide bonds. The van der Waals surface area contributed by atoms with Gasteiger partial charge in [-0.25, -0.2) is 0 Å². The Bertz CT molecular complexity index is 658. The summed E-state index contributed by atoms with van der Waals surface area (Å²) >= 11 is 1.76. The predicted molar refractivity (Wildman–Crippen MR) is 91.7 cm³/mol. The second-order valence-electron chi connectivity index (χ2n) is 7.02. The number of thiophene rings is 1. The number of carbonyl (C=O) groups is 1. The van der Waals surface area contributed by atoms with Crippen LogP contribution in [0.15, 0.2) is 28.1 Å². The van der Waals surface area contributed by atoms with Crippen molar-refractivity contribution in [1.29, 1.82) is 0 Å². The number of aromatic nitrogens is 1. The highest BCUT2D eigenvalue weighted by molar-refractivity contribution is 7.10. The first-order valence-corrected chi connectivity index (χ1v) is 8.86. The number of hydrogen-bond acceptors (Lipinski definition) is 5. The van der Waals surface area contributed by atoms with Crippen LogP contribution >= 0.6 is 11.3 Å². The predicted octanol–water partition coefficient (Wildman–Crippen LogP) is 3.81. The zero-order chi connectivity index (χ0) is 16.4. The Balaban J connectivity index is 1.60. The number of hydrogen-bond donors (Lipinski definition) is 1. The molecule has 23 heavy (non-hydrogen) atoms. The molecule has 2 aromatic rings. The third kappa shape index (κ3) is 3.82. The van der Waals surface area contributed by atoms with Gasteiger partial charge in [-0.15, -0.1) is 11.3 Å². The summed E-state index contributed by atoms with van der Waals surface area (Å²) in [5.74, 6) is 0.372. The molecule has 1 N–H and O–H groups in total. The maximum absolute atomic E-state index is 12.3. The molecule has 1 aliphatic rings. The molecule has 1 saturated heterocycles. The van der Waals surface area contributed by atoms with Crippen LogP contribution in [0.1, 0.15) is 50.2 Å². The van der Waals surface area contributed by atoms with Crippen LogP contribution in [0.2, 0.25) is 0 Å². The summed E-state index contributed by atoms with van der Waals surface area (Å²) in [6.45, 7) is 7.53. The molecule has 124 valence electrons. The summed E-state index contributed by atoms with van der Waals surface area (Å²) in [4.78, 5) is 15.9. The highest BCUT2D eigenvalue weighted by atomic mass is 32.1. The lowest BCUT2D eigenvalue weighted by Gasteiger charge is -2.22. The summed E-state index contributed by atoms with van der Waals surface area (Å²) in [6.07, 6.45) is 2.25. The molecule has 1 unspecified atom stereocenters. The molecule has 3 heterocycles. The smallest absolute Gasteiger partial charge is 0.240 e. The van der Waals surface area contributed by atoms with Gasteiger partial charge in [-0.2, -0.15) is 0 Å². The molecular formula is C17H23N3O2S. The van der Waals surface area contributed by atoms with Crippen molar-refractivity contribution in [2.24, 2.45) is 0 Å². The Morgan fingerprint density at radius 1 is 1.52 bits per heavy atom. The maximum Gasteiger partial charge on any atom is 0.240 e. The number of carbonyl (C=O) groups excluding carboxylic acids is 1. The molecule has 3 rings (SSSR count). The third-order valence-corrected chi connectivity index (χ3v) is 5.10. The molecule has 1 fully saturated rings. The normalized spacial score (nSPS) is 19.2. The van der Waals surface area contributed by atoms with Crippen molar-refractivity contribution >= 4 is 23.1 Å². The molecule has 5 nitrogen and oxygen atoms in total. The van der Waals surface area contributed by atoms with Gasteiger partial charge in [0.05, 0.1) is 12.2 Å². The van der Waals surface area contributed by atoms with Gasteiger partial charge in [0.1, 0.15) is 0 Å². The second-order valence-corrected chi connectivity index (χ2v) is 8.00. The maximum atomic E-state index is 12.3. The number of amides is 1. The van der Waals surface area contributed by atoms with E-state index in [0.29, 0.717) is 18.5 Å². The molecule has 0 aliphatic carbocycles. The Hall–Kier alpha value is -1.66. The van der Waals surface area contributed by atoms with E-state index in [-0.39, 0.29) is 11.3 Å². The number of rotatable bonds is 4. The van der Waals surface area contributed by atoms with Gasteiger partial charge in [-0.3, -0.25) is 15.0 Å². The summed E-state index contributed by atoms with van der Waals surface area (Å²) in [6, 6.07) is 6.38. The lowest BCUT2D eigenvalue weighted by atomic mass is 9.92. The second kappa shape index (κ2) is 6.45. The van der Waals surface area contributed by atoms with E-state index in [9.17, 15) is 4.79 Å². The van der Waals surface area contributed by atoms with Crippen LogP contribution in [-0.2, 0) is 10.2 Å². The fourth-order valence-corrected chi connectivity index (χ4v) is 3.76. The monoisotopic (exact) mass is 333 g/mol. The Kier molecular flexibility index (Phi) is 4.55. The number of likely N-dealkylation sites (tertiary alicyclic amines) is 1. The van der Waals surface area contributed by atoms with E-state index in [0.717, 1.165) is 25.1 Å². The van der Waals surface area contributed by atoms with Crippen LogP contribution < -0.4 is 5.32 Å². The quantitative estimate of drug-likeness (QED) is 0.924. The van der Waals surface area contributed by atoms with E-state index in [2.05, 4.69) is 53.7 Å². The minimum Gasteiger partial charge on any atom is -0.338 e. The van der Waals surface area contributed by atoms with Crippen molar-refractivity contribution < 1.29 is 9.32 Å². The fraction of sp³-hybridized carbons (Fsp3) is 0.529. The SMILES string of the molecule is CC(C)(C)c1cc(NC(=O)CN2CCCC2c2cccs2)on1. The van der Waals surface area contributed by atoms with Gasteiger partial charge in [0.2, 0.25) is 11.8 Å². The largest absolute Gasteiger partial charge is 0.338 e. The average Bonchev–Trinajstić information content (AvgIpc) is 3.17. The summed E-state index contributed by atoms with van der Waals surface area (Å²) in [5.41, 5.74) is 0.747. The van der Waals surface area contributed by atoms with E-state index in [1.165, 1.54) is 4.88 Å². The number of nitrogens with zero attached hydrogens (tertiary/aromatic N) is 2. The van der Waals surface area contributed by atoms with Crippen LogP contribution in [0.25, 0.3) is 0 Å². The topological polar surface area (TPSA) is 58.4 Å². The van der Waals surface area contributed by atoms with Crippen LogP contribution in [0.3, 0.4) is 0 Å². The summed E-state index contributed by atoms with van der Waals surface area (Å²) in [7, 11) is 0. The van der Waals surface area contributed by atoms with Gasteiger partial charge in [-0.1, -0.05) is 32.0 Å². The molecule has 0 radical (unpaired) electrons. The lowest BCUT2D eigenvalue weighted by molar-refractivity contribution is -0.117. The zero-order valence-electron chi connectivity index (χ0n) is 13.8. The van der Waals surface area contributed by atoms with Gasteiger partial charge in [0.15, 0.2) is 0 Å². The molecular weight excluding hydrogens is 310 g/mol. The first-order valence-electron chi connectivity index (χ1n) is 7.98. The standard InChI is InChI=1S/C17H23N3O2S/c1-17(2,3)14-10-16(22-19-14)18-15(21)11-20-8-4-6-12(20)13-7-5-9-23-13/h5,7,9-10,12H,4,6,8,11H2,1-3H3,(H,18,21). The third-order valence-electron chi connectivity index (χ3n) is 4.12. The van der Waals surface area contributed by atoms with Crippen molar-refractivity contribution in [3.8, 4) is 0 Å². The van der Waals surface area contributed by atoms with Gasteiger partial charge < -0.3 is 4.52 Å². The average molecular weight is 333 g/mol. The van der Waals surface area contributed by atoms with Crippen molar-refractivity contribution in [3.05, 3.63) is 34.2 Å². The summed E-state index contributed by atoms with van der Waals surface area (Å²) < 4.78 is 5.23. The first-order chi connectivity index (χ1) is 10.9. The molecule has 0 spiro atoms. The van der Waals surface area contributed by atoms with Gasteiger partial charge in [0, 0.05) is 22.4 Å². The van der Waals surface area contributed by atoms with E-state index in [1.54, 1.807) is 17.4 Å². The molecule has 2 aromatic heterocycles. The van der Waals surface area contributed by atoms with Crippen LogP contribution in [-0.4, -0.2) is 29.1 Å². The van der Waals surface area contributed by atoms with E-state index in [4.69, 9.17) is 4.52 Å². The lowest BCUT2D eigenvalue weighted by Crippen LogP contribution is -2.32. The Labute approximate surface area is 140 Å². The minimum absolute atomic E-state index is 0.0509. The molecule has 0 bridgehead atoms. The Morgan fingerprint density at radius 2 is 2.35 bits per heavy atom. The van der Waals surface area contributed by atoms with Crippen molar-refractivity contribution in [2.75, 3.05) is 18.4 Å². The molecule has 6 heteroatoms. The van der Waals surface area contributed by atoms with E-state index < -0.39 is 0 Å². The number of anilines is 1. The van der Waals surface area contributed by atoms with Crippen LogP contribution in [0.4, 0.5) is 5.88 Å². The van der Waals surface area contributed by atoms with Crippen molar-refractivity contribution in [2.45, 2.75) is 45.1 Å². The van der Waals surface area contributed by atoms with Crippen LogP contribution in [0.5, 0.6) is 0 Å². The van der Waals surface area contributed by atoms with Crippen molar-refractivity contribution in [1.82, 2.24) is 10.1 Å². The molecule has 0 aromatic carbocycles. The van der Waals surface area contributed by atoms with Gasteiger partial charge >= 0.3 is 0 Å².